The number of para-hydroxylation sites is 2. The summed E-state index contributed by atoms with van der Waals surface area (Å²) >= 11 is 0. The lowest BCUT2D eigenvalue weighted by atomic mass is 9.93. The van der Waals surface area contributed by atoms with Gasteiger partial charge in [-0.2, -0.15) is 5.10 Å². The second kappa shape index (κ2) is 11.0. The zero-order valence-corrected chi connectivity index (χ0v) is 21.2. The molecule has 1 aliphatic carbocycles. The number of hydrazone groups is 1. The molecule has 5 rings (SSSR count). The van der Waals surface area contributed by atoms with E-state index in [0.29, 0.717) is 41.2 Å². The SMILES string of the molecule is COc1cccc(C(=O)N/N=C2\CCCc3oc(C(=O)NN(c4ccccc4)c4ccccc4)c(C)c32)c1. The molecule has 0 bridgehead atoms. The Bertz CT molecular complexity index is 1440. The number of hydrogen-bond donors (Lipinski definition) is 2. The molecule has 0 radical (unpaired) electrons. The van der Waals surface area contributed by atoms with Crippen molar-refractivity contribution in [2.45, 2.75) is 26.2 Å². The molecule has 0 saturated heterocycles. The Morgan fingerprint density at radius 3 is 2.24 bits per heavy atom. The Morgan fingerprint density at radius 1 is 0.895 bits per heavy atom. The molecule has 2 amide bonds. The van der Waals surface area contributed by atoms with Crippen LogP contribution >= 0.6 is 0 Å². The number of aryl methyl sites for hydroxylation is 1. The number of rotatable bonds is 7. The van der Waals surface area contributed by atoms with Crippen LogP contribution in [0, 0.1) is 6.92 Å². The minimum absolute atomic E-state index is 0.223. The van der Waals surface area contributed by atoms with Crippen LogP contribution in [0.25, 0.3) is 0 Å². The van der Waals surface area contributed by atoms with Crippen LogP contribution in [-0.4, -0.2) is 24.6 Å². The Kier molecular flexibility index (Phi) is 7.21. The first-order valence-corrected chi connectivity index (χ1v) is 12.4. The van der Waals surface area contributed by atoms with Crippen molar-refractivity contribution in [3.63, 3.8) is 0 Å². The molecule has 0 fully saturated rings. The second-order valence-electron chi connectivity index (χ2n) is 8.89. The van der Waals surface area contributed by atoms with Gasteiger partial charge in [-0.3, -0.25) is 20.0 Å². The summed E-state index contributed by atoms with van der Waals surface area (Å²) in [5, 5.41) is 6.15. The van der Waals surface area contributed by atoms with E-state index in [2.05, 4.69) is 16.0 Å². The molecule has 2 N–H and O–H groups in total. The Hall–Kier alpha value is -4.85. The van der Waals surface area contributed by atoms with Crippen molar-refractivity contribution in [1.29, 1.82) is 0 Å². The van der Waals surface area contributed by atoms with Crippen molar-refractivity contribution in [2.75, 3.05) is 12.1 Å². The molecular weight excluding hydrogens is 480 g/mol. The summed E-state index contributed by atoms with van der Waals surface area (Å²) in [6, 6.07) is 26.0. The van der Waals surface area contributed by atoms with Crippen LogP contribution < -0.4 is 20.6 Å². The first-order valence-electron chi connectivity index (χ1n) is 12.4. The highest BCUT2D eigenvalue weighted by atomic mass is 16.5. The number of nitrogens with one attached hydrogen (secondary N) is 2. The highest BCUT2D eigenvalue weighted by molar-refractivity contribution is 6.07. The molecule has 1 heterocycles. The summed E-state index contributed by atoms with van der Waals surface area (Å²) in [5.74, 6) is 0.792. The van der Waals surface area contributed by atoms with E-state index in [9.17, 15) is 9.59 Å². The molecule has 38 heavy (non-hydrogen) atoms. The van der Waals surface area contributed by atoms with Crippen LogP contribution in [0.2, 0.25) is 0 Å². The largest absolute Gasteiger partial charge is 0.497 e. The Balaban J connectivity index is 1.40. The van der Waals surface area contributed by atoms with Gasteiger partial charge in [0.15, 0.2) is 5.76 Å². The number of carbonyl (C=O) groups excluding carboxylic acids is 2. The van der Waals surface area contributed by atoms with Crippen LogP contribution in [0.4, 0.5) is 11.4 Å². The third kappa shape index (κ3) is 5.15. The molecule has 1 aliphatic rings. The van der Waals surface area contributed by atoms with Gasteiger partial charge >= 0.3 is 5.91 Å². The Morgan fingerprint density at radius 2 is 1.58 bits per heavy atom. The molecule has 4 aromatic rings. The lowest BCUT2D eigenvalue weighted by Crippen LogP contribution is -2.39. The second-order valence-corrected chi connectivity index (χ2v) is 8.89. The zero-order valence-electron chi connectivity index (χ0n) is 21.2. The van der Waals surface area contributed by atoms with Crippen molar-refractivity contribution in [1.82, 2.24) is 10.9 Å². The minimum Gasteiger partial charge on any atom is -0.497 e. The third-order valence-electron chi connectivity index (χ3n) is 6.40. The number of fused-ring (bicyclic) bond motifs is 1. The van der Waals surface area contributed by atoms with Crippen LogP contribution in [0.3, 0.4) is 0 Å². The van der Waals surface area contributed by atoms with Crippen molar-refractivity contribution < 1.29 is 18.7 Å². The lowest BCUT2D eigenvalue weighted by Gasteiger charge is -2.25. The molecule has 0 aliphatic heterocycles. The Labute approximate surface area is 220 Å². The number of benzene rings is 3. The first kappa shape index (κ1) is 24.8. The van der Waals surface area contributed by atoms with Gasteiger partial charge in [-0.1, -0.05) is 42.5 Å². The van der Waals surface area contributed by atoms with Crippen molar-refractivity contribution >= 4 is 28.9 Å². The maximum absolute atomic E-state index is 13.5. The maximum atomic E-state index is 13.5. The van der Waals surface area contributed by atoms with E-state index in [-0.39, 0.29) is 17.6 Å². The molecular formula is C30H28N4O4. The van der Waals surface area contributed by atoms with Gasteiger partial charge in [0.1, 0.15) is 11.5 Å². The van der Waals surface area contributed by atoms with E-state index in [1.807, 2.05) is 67.6 Å². The molecule has 3 aromatic carbocycles. The van der Waals surface area contributed by atoms with E-state index in [4.69, 9.17) is 9.15 Å². The topological polar surface area (TPSA) is 96.2 Å². The van der Waals surface area contributed by atoms with Crippen LogP contribution in [-0.2, 0) is 6.42 Å². The highest BCUT2D eigenvalue weighted by Crippen LogP contribution is 2.31. The number of carbonyl (C=O) groups is 2. The van der Waals surface area contributed by atoms with E-state index >= 15 is 0 Å². The van der Waals surface area contributed by atoms with Crippen LogP contribution in [0.15, 0.2) is 94.4 Å². The number of nitrogens with zero attached hydrogens (tertiary/aromatic N) is 2. The molecule has 1 aromatic heterocycles. The zero-order chi connectivity index (χ0) is 26.5. The fourth-order valence-electron chi connectivity index (χ4n) is 4.53. The van der Waals surface area contributed by atoms with Gasteiger partial charge in [0, 0.05) is 23.1 Å². The maximum Gasteiger partial charge on any atom is 0.306 e. The summed E-state index contributed by atoms with van der Waals surface area (Å²) in [5.41, 5.74) is 9.85. The number of methoxy groups -OCH3 is 1. The fraction of sp³-hybridized carbons (Fsp3) is 0.167. The van der Waals surface area contributed by atoms with Crippen molar-refractivity contribution in [3.8, 4) is 5.75 Å². The van der Waals surface area contributed by atoms with Gasteiger partial charge < -0.3 is 9.15 Å². The summed E-state index contributed by atoms with van der Waals surface area (Å²) in [6.07, 6.45) is 2.15. The summed E-state index contributed by atoms with van der Waals surface area (Å²) in [4.78, 5) is 26.2. The summed E-state index contributed by atoms with van der Waals surface area (Å²) in [6.45, 7) is 1.84. The number of hydrazine groups is 1. The number of furan rings is 1. The molecule has 0 saturated carbocycles. The van der Waals surface area contributed by atoms with Gasteiger partial charge in [-0.15, -0.1) is 0 Å². The van der Waals surface area contributed by atoms with E-state index < -0.39 is 0 Å². The molecule has 0 spiro atoms. The van der Waals surface area contributed by atoms with E-state index in [1.54, 1.807) is 36.4 Å². The highest BCUT2D eigenvalue weighted by Gasteiger charge is 2.29. The van der Waals surface area contributed by atoms with Gasteiger partial charge in [0.2, 0.25) is 0 Å². The summed E-state index contributed by atoms with van der Waals surface area (Å²) in [7, 11) is 1.55. The number of anilines is 2. The smallest absolute Gasteiger partial charge is 0.306 e. The standard InChI is InChI=1S/C30H28N4O4/c1-20-27-25(31-32-29(35)21-11-9-16-24(19-21)37-2)17-10-18-26(27)38-28(20)30(36)33-34(22-12-5-3-6-13-22)23-14-7-4-8-15-23/h3-9,11-16,19H,10,17-18H2,1-2H3,(H,32,35)(H,33,36)/b31-25+. The van der Waals surface area contributed by atoms with E-state index in [1.165, 1.54) is 0 Å². The minimum atomic E-state index is -0.371. The lowest BCUT2D eigenvalue weighted by molar-refractivity contribution is 0.0921. The van der Waals surface area contributed by atoms with Gasteiger partial charge in [0.25, 0.3) is 5.91 Å². The predicted molar refractivity (Wildman–Crippen MR) is 146 cm³/mol. The van der Waals surface area contributed by atoms with Gasteiger partial charge in [-0.05, 0) is 62.2 Å². The van der Waals surface area contributed by atoms with Gasteiger partial charge in [0.05, 0.1) is 24.2 Å². The normalized spacial score (nSPS) is 13.5. The van der Waals surface area contributed by atoms with Crippen LogP contribution in [0.5, 0.6) is 5.75 Å². The van der Waals surface area contributed by atoms with Crippen molar-refractivity contribution in [2.24, 2.45) is 5.10 Å². The molecule has 0 unspecified atom stereocenters. The summed E-state index contributed by atoms with van der Waals surface area (Å²) < 4.78 is 11.3. The molecule has 8 nitrogen and oxygen atoms in total. The molecule has 0 atom stereocenters. The van der Waals surface area contributed by atoms with Crippen molar-refractivity contribution in [3.05, 3.63) is 113 Å². The average molecular weight is 509 g/mol. The first-order chi connectivity index (χ1) is 18.5. The quantitative estimate of drug-likeness (QED) is 0.319. The number of hydrogen-bond acceptors (Lipinski definition) is 6. The van der Waals surface area contributed by atoms with E-state index in [0.717, 1.165) is 23.4 Å². The number of ether oxygens (including phenoxy) is 1. The third-order valence-corrected chi connectivity index (χ3v) is 6.40. The fourth-order valence-corrected chi connectivity index (χ4v) is 4.53. The predicted octanol–water partition coefficient (Wildman–Crippen LogP) is 5.55. The number of amides is 2. The average Bonchev–Trinajstić information content (AvgIpc) is 3.32. The monoisotopic (exact) mass is 508 g/mol. The van der Waals surface area contributed by atoms with Crippen LogP contribution in [0.1, 0.15) is 50.6 Å². The van der Waals surface area contributed by atoms with Gasteiger partial charge in [-0.25, -0.2) is 5.43 Å². The molecule has 8 heteroatoms. The molecule has 192 valence electrons.